The molecule has 0 aliphatic rings. The molecule has 0 fully saturated rings. The van der Waals surface area contributed by atoms with E-state index in [0.717, 1.165) is 63.6 Å². The molecular weight excluding hydrogens is 697 g/mol. The fraction of sp³-hybridized carbons (Fsp3) is 0.120. The zero-order chi connectivity index (χ0) is 37.2. The van der Waals surface area contributed by atoms with E-state index in [-0.39, 0.29) is 10.9 Å². The summed E-state index contributed by atoms with van der Waals surface area (Å²) in [5, 5.41) is 9.88. The molecule has 4 heteroatoms. The van der Waals surface area contributed by atoms with Gasteiger partial charge in [0.15, 0.2) is 0 Å². The predicted molar refractivity (Wildman–Crippen MR) is 234 cm³/mol. The van der Waals surface area contributed by atoms with Crippen molar-refractivity contribution in [2.45, 2.75) is 41.5 Å². The highest BCUT2D eigenvalue weighted by molar-refractivity contribution is 7.21. The lowest BCUT2D eigenvalue weighted by atomic mass is 9.86. The molecule has 0 saturated heterocycles. The number of benzene rings is 8. The van der Waals surface area contributed by atoms with Crippen LogP contribution in [0.2, 0.25) is 0 Å². The average molecular weight is 733 g/mol. The van der Waals surface area contributed by atoms with Crippen LogP contribution in [-0.4, -0.2) is 0 Å². The van der Waals surface area contributed by atoms with Gasteiger partial charge in [0, 0.05) is 41.7 Å². The molecule has 260 valence electrons. The second-order valence-electron chi connectivity index (χ2n) is 15.0. The smallest absolute Gasteiger partial charge is 0.205 e. The molecule has 0 radical (unpaired) electrons. The molecule has 0 spiro atoms. The van der Waals surface area contributed by atoms with Crippen LogP contribution < -0.4 is 10.9 Å². The van der Waals surface area contributed by atoms with Crippen LogP contribution in [0.4, 0.5) is 0 Å². The molecule has 54 heavy (non-hydrogen) atoms. The van der Waals surface area contributed by atoms with E-state index in [2.05, 4.69) is 126 Å². The van der Waals surface area contributed by atoms with Crippen LogP contribution in [0.5, 0.6) is 0 Å². The zero-order valence-corrected chi connectivity index (χ0v) is 32.7. The highest BCUT2D eigenvalue weighted by atomic mass is 32.1. The maximum absolute atomic E-state index is 14.9. The van der Waals surface area contributed by atoms with Gasteiger partial charge in [-0.3, -0.25) is 9.59 Å². The summed E-state index contributed by atoms with van der Waals surface area (Å²) in [6.07, 6.45) is 0. The molecule has 2 heterocycles. The van der Waals surface area contributed by atoms with Crippen molar-refractivity contribution in [3.63, 3.8) is 0 Å². The predicted octanol–water partition coefficient (Wildman–Crippen LogP) is 13.4. The number of fused-ring (bicyclic) bond motifs is 4. The minimum Gasteiger partial charge on any atom is -0.288 e. The molecule has 0 N–H and O–H groups in total. The summed E-state index contributed by atoms with van der Waals surface area (Å²) < 4.78 is 3.08. The van der Waals surface area contributed by atoms with Gasteiger partial charge in [0.05, 0.1) is 9.06 Å². The van der Waals surface area contributed by atoms with Gasteiger partial charge in [-0.05, 0) is 108 Å². The number of rotatable bonds is 2. The van der Waals surface area contributed by atoms with Crippen molar-refractivity contribution in [2.75, 3.05) is 0 Å². The lowest BCUT2D eigenvalue weighted by Crippen LogP contribution is -2.09. The normalized spacial score (nSPS) is 12.7. The van der Waals surface area contributed by atoms with Crippen molar-refractivity contribution in [2.24, 2.45) is 0 Å². The van der Waals surface area contributed by atoms with Crippen molar-refractivity contribution < 1.29 is 0 Å². The number of hydrogen-bond donors (Lipinski definition) is 0. The van der Waals surface area contributed by atoms with E-state index in [4.69, 9.17) is 0 Å². The molecule has 0 saturated carbocycles. The SMILES string of the molecule is Cc1cc(C)c(-c2c3ccccc3c3s/c(=c4/sc5c6ccccc6c(-c6c(C)cc(C)cc6C)c6cccc(c4=O)c65)c(=O)c4cccc2c43)c(C)c1. The molecule has 8 aromatic carbocycles. The fourth-order valence-corrected chi connectivity index (χ4v) is 12.1. The number of hydrogen-bond acceptors (Lipinski definition) is 4. The second-order valence-corrected chi connectivity index (χ2v) is 17.1. The van der Waals surface area contributed by atoms with Gasteiger partial charge < -0.3 is 0 Å². The summed E-state index contributed by atoms with van der Waals surface area (Å²) >= 11 is 2.95. The second kappa shape index (κ2) is 11.9. The highest BCUT2D eigenvalue weighted by Crippen LogP contribution is 2.47. The van der Waals surface area contributed by atoms with Crippen molar-refractivity contribution in [3.05, 3.63) is 172 Å². The number of aryl methyl sites for hydroxylation is 6. The van der Waals surface area contributed by atoms with E-state index in [1.807, 2.05) is 24.3 Å². The van der Waals surface area contributed by atoms with Crippen molar-refractivity contribution in [3.8, 4) is 22.3 Å². The molecular formula is C50H36O2S2. The maximum atomic E-state index is 14.9. The Morgan fingerprint density at radius 3 is 1.04 bits per heavy atom. The lowest BCUT2D eigenvalue weighted by Gasteiger charge is -2.19. The van der Waals surface area contributed by atoms with Crippen LogP contribution >= 0.6 is 22.7 Å². The Labute approximate surface area is 320 Å². The van der Waals surface area contributed by atoms with Crippen LogP contribution in [0.25, 0.3) is 85.5 Å². The van der Waals surface area contributed by atoms with Gasteiger partial charge >= 0.3 is 0 Å². The van der Waals surface area contributed by atoms with Gasteiger partial charge in [-0.2, -0.15) is 0 Å². The van der Waals surface area contributed by atoms with E-state index in [0.29, 0.717) is 19.8 Å². The molecule has 0 atom stereocenters. The highest BCUT2D eigenvalue weighted by Gasteiger charge is 2.23. The molecule has 10 rings (SSSR count). The van der Waals surface area contributed by atoms with E-state index in [9.17, 15) is 9.59 Å². The standard InChI is InChI=1S/C50H36O2S2/c1-25-21-27(3)39(28(4)22-25)41-31-13-7-9-15-33(31)47-43-35(41)17-11-19-37(43)45(51)49(53-47)50-46(52)38-20-12-18-36-42(40-29(5)23-26(2)24-30(40)6)32-14-8-10-16-34(32)48(54-50)44(36)38/h7-24H,1-6H3/b50-49+. The van der Waals surface area contributed by atoms with Gasteiger partial charge in [0.25, 0.3) is 0 Å². The van der Waals surface area contributed by atoms with Gasteiger partial charge in [-0.25, -0.2) is 0 Å². The Hall–Kier alpha value is -5.68. The third kappa shape index (κ3) is 4.57. The summed E-state index contributed by atoms with van der Waals surface area (Å²) in [6.45, 7) is 13.0. The van der Waals surface area contributed by atoms with E-state index in [1.54, 1.807) is 0 Å². The first kappa shape index (κ1) is 32.9. The summed E-state index contributed by atoms with van der Waals surface area (Å²) in [4.78, 5) is 29.9. The molecule has 2 aromatic heterocycles. The Morgan fingerprint density at radius 1 is 0.352 bits per heavy atom. The molecule has 0 aliphatic carbocycles. The molecule has 10 aromatic rings. The van der Waals surface area contributed by atoms with E-state index < -0.39 is 0 Å². The Balaban J connectivity index is 1.41. The van der Waals surface area contributed by atoms with Crippen molar-refractivity contribution in [1.82, 2.24) is 0 Å². The topological polar surface area (TPSA) is 34.1 Å². The van der Waals surface area contributed by atoms with Crippen LogP contribution in [0.1, 0.15) is 33.4 Å². The van der Waals surface area contributed by atoms with Crippen LogP contribution in [0.3, 0.4) is 0 Å². The summed E-state index contributed by atoms with van der Waals surface area (Å²) in [6, 6.07) is 38.3. The fourth-order valence-electron chi connectivity index (χ4n) is 9.49. The summed E-state index contributed by atoms with van der Waals surface area (Å²) in [7, 11) is 0. The first-order valence-electron chi connectivity index (χ1n) is 18.4. The van der Waals surface area contributed by atoms with Crippen molar-refractivity contribution in [1.29, 1.82) is 0 Å². The van der Waals surface area contributed by atoms with Crippen molar-refractivity contribution >= 4 is 85.9 Å². The summed E-state index contributed by atoms with van der Waals surface area (Å²) in [5.74, 6) is 0. The monoisotopic (exact) mass is 732 g/mol. The summed E-state index contributed by atoms with van der Waals surface area (Å²) in [5.41, 5.74) is 11.9. The maximum Gasteiger partial charge on any atom is 0.205 e. The molecule has 2 nitrogen and oxygen atoms in total. The minimum atomic E-state index is -0.0880. The Kier molecular flexibility index (Phi) is 7.26. The van der Waals surface area contributed by atoms with E-state index in [1.165, 1.54) is 67.2 Å². The van der Waals surface area contributed by atoms with Crippen LogP contribution in [-0.2, 0) is 0 Å². The molecule has 0 bridgehead atoms. The Bertz CT molecular complexity index is 3220. The van der Waals surface area contributed by atoms with Gasteiger partial charge in [-0.1, -0.05) is 120 Å². The van der Waals surface area contributed by atoms with Gasteiger partial charge in [0.1, 0.15) is 0 Å². The third-order valence-electron chi connectivity index (χ3n) is 11.4. The first-order chi connectivity index (χ1) is 26.1. The van der Waals surface area contributed by atoms with Crippen LogP contribution in [0.15, 0.2) is 119 Å². The largest absolute Gasteiger partial charge is 0.288 e. The average Bonchev–Trinajstić information content (AvgIpc) is 3.15. The minimum absolute atomic E-state index is 0.0880. The van der Waals surface area contributed by atoms with Gasteiger partial charge in [0.2, 0.25) is 10.9 Å². The van der Waals surface area contributed by atoms with Crippen LogP contribution in [0, 0.1) is 50.6 Å². The molecule has 0 unspecified atom stereocenters. The first-order valence-corrected chi connectivity index (χ1v) is 20.1. The van der Waals surface area contributed by atoms with Gasteiger partial charge in [-0.15, -0.1) is 22.7 Å². The third-order valence-corrected chi connectivity index (χ3v) is 13.9. The Morgan fingerprint density at radius 2 is 0.667 bits per heavy atom. The van der Waals surface area contributed by atoms with E-state index >= 15 is 0 Å². The molecule has 0 amide bonds. The quantitative estimate of drug-likeness (QED) is 0.131. The zero-order valence-electron chi connectivity index (χ0n) is 31.0. The molecule has 0 aliphatic heterocycles. The lowest BCUT2D eigenvalue weighted by molar-refractivity contribution is 1.33.